The van der Waals surface area contributed by atoms with Crippen LogP contribution in [0.1, 0.15) is 18.5 Å². The van der Waals surface area contributed by atoms with Crippen molar-refractivity contribution in [1.82, 2.24) is 10.2 Å². The Hall–Kier alpha value is -1.96. The lowest BCUT2D eigenvalue weighted by Gasteiger charge is -2.24. The summed E-state index contributed by atoms with van der Waals surface area (Å²) in [6.07, 6.45) is 1.20. The van der Waals surface area contributed by atoms with Crippen molar-refractivity contribution in [2.24, 2.45) is 0 Å². The lowest BCUT2D eigenvalue weighted by atomic mass is 10.1. The van der Waals surface area contributed by atoms with Crippen LogP contribution in [0.25, 0.3) is 10.6 Å². The van der Waals surface area contributed by atoms with Crippen molar-refractivity contribution in [1.29, 1.82) is 0 Å². The van der Waals surface area contributed by atoms with Crippen molar-refractivity contribution < 1.29 is 8.42 Å². The topological polar surface area (TPSA) is 63.2 Å². The van der Waals surface area contributed by atoms with Crippen LogP contribution >= 0.6 is 22.9 Å². The average Bonchev–Trinajstić information content (AvgIpc) is 3.10. The van der Waals surface area contributed by atoms with Gasteiger partial charge in [0.2, 0.25) is 5.13 Å². The predicted octanol–water partition coefficient (Wildman–Crippen LogP) is 4.46. The fraction of sp³-hybridized carbons (Fsp3) is 0.222. The summed E-state index contributed by atoms with van der Waals surface area (Å²) >= 11 is 7.70. The fourth-order valence-electron chi connectivity index (χ4n) is 2.48. The number of hydrogen-bond acceptors (Lipinski definition) is 6. The molecular formula is C18H18ClN3O2S2. The van der Waals surface area contributed by atoms with Crippen LogP contribution in [0.4, 0.5) is 5.13 Å². The van der Waals surface area contributed by atoms with Crippen molar-refractivity contribution in [3.63, 3.8) is 0 Å². The summed E-state index contributed by atoms with van der Waals surface area (Å²) in [5, 5.41) is 10.7. The number of hydrogen-bond donors (Lipinski definition) is 0. The minimum atomic E-state index is -3.20. The SMILES string of the molecule is CC(c1ccc(S(C)(=O)=O)cc1)N(C)c1nnc(-c2ccccc2Cl)s1. The molecule has 8 heteroatoms. The van der Waals surface area contributed by atoms with Gasteiger partial charge in [0.05, 0.1) is 16.0 Å². The van der Waals surface area contributed by atoms with Gasteiger partial charge in [-0.05, 0) is 30.7 Å². The predicted molar refractivity (Wildman–Crippen MR) is 107 cm³/mol. The van der Waals surface area contributed by atoms with Gasteiger partial charge in [0.25, 0.3) is 0 Å². The van der Waals surface area contributed by atoms with Crippen LogP contribution in [0, 0.1) is 0 Å². The summed E-state index contributed by atoms with van der Waals surface area (Å²) in [6.45, 7) is 2.03. The van der Waals surface area contributed by atoms with Crippen molar-refractivity contribution in [3.8, 4) is 10.6 Å². The Labute approximate surface area is 162 Å². The monoisotopic (exact) mass is 407 g/mol. The first kappa shape index (κ1) is 18.8. The third-order valence-electron chi connectivity index (χ3n) is 4.19. The van der Waals surface area contributed by atoms with E-state index in [9.17, 15) is 8.42 Å². The molecule has 136 valence electrons. The normalized spacial score (nSPS) is 12.8. The van der Waals surface area contributed by atoms with Crippen LogP contribution in [0.3, 0.4) is 0 Å². The Balaban J connectivity index is 1.83. The zero-order valence-corrected chi connectivity index (χ0v) is 16.9. The molecule has 0 aliphatic rings. The summed E-state index contributed by atoms with van der Waals surface area (Å²) in [7, 11) is -1.26. The van der Waals surface area contributed by atoms with Crippen LogP contribution in [0.5, 0.6) is 0 Å². The number of rotatable bonds is 5. The highest BCUT2D eigenvalue weighted by atomic mass is 35.5. The van der Waals surface area contributed by atoms with E-state index in [0.29, 0.717) is 9.92 Å². The van der Waals surface area contributed by atoms with Gasteiger partial charge in [-0.25, -0.2) is 8.42 Å². The van der Waals surface area contributed by atoms with Gasteiger partial charge in [-0.2, -0.15) is 0 Å². The van der Waals surface area contributed by atoms with E-state index in [4.69, 9.17) is 11.6 Å². The third-order valence-corrected chi connectivity index (χ3v) is 6.70. The van der Waals surface area contributed by atoms with Gasteiger partial charge in [-0.15, -0.1) is 10.2 Å². The molecule has 0 aliphatic carbocycles. The molecule has 1 atom stereocenters. The Bertz CT molecular complexity index is 1020. The van der Waals surface area contributed by atoms with Gasteiger partial charge >= 0.3 is 0 Å². The molecule has 0 spiro atoms. The van der Waals surface area contributed by atoms with Crippen molar-refractivity contribution in [3.05, 3.63) is 59.1 Å². The minimum absolute atomic E-state index is 0.00987. The summed E-state index contributed by atoms with van der Waals surface area (Å²) < 4.78 is 23.2. The van der Waals surface area contributed by atoms with E-state index >= 15 is 0 Å². The highest BCUT2D eigenvalue weighted by Crippen LogP contribution is 2.35. The summed E-state index contributed by atoms with van der Waals surface area (Å²) in [5.41, 5.74) is 1.85. The maximum Gasteiger partial charge on any atom is 0.208 e. The Morgan fingerprint density at radius 3 is 2.35 bits per heavy atom. The summed E-state index contributed by atoms with van der Waals surface area (Å²) in [5.74, 6) is 0. The molecule has 1 aromatic heterocycles. The van der Waals surface area contributed by atoms with Crippen LogP contribution in [0.2, 0.25) is 5.02 Å². The zero-order valence-electron chi connectivity index (χ0n) is 14.5. The molecule has 26 heavy (non-hydrogen) atoms. The van der Waals surface area contributed by atoms with E-state index < -0.39 is 9.84 Å². The summed E-state index contributed by atoms with van der Waals surface area (Å²) in [4.78, 5) is 2.32. The van der Waals surface area contributed by atoms with E-state index in [0.717, 1.165) is 21.3 Å². The number of aromatic nitrogens is 2. The molecule has 0 radical (unpaired) electrons. The molecule has 0 fully saturated rings. The molecule has 0 amide bonds. The van der Waals surface area contributed by atoms with E-state index in [-0.39, 0.29) is 6.04 Å². The lowest BCUT2D eigenvalue weighted by Crippen LogP contribution is -2.21. The Morgan fingerprint density at radius 1 is 1.08 bits per heavy atom. The second kappa shape index (κ2) is 7.34. The van der Waals surface area contributed by atoms with E-state index in [1.807, 2.05) is 55.3 Å². The third kappa shape index (κ3) is 3.90. The van der Waals surface area contributed by atoms with Gasteiger partial charge in [0.15, 0.2) is 14.8 Å². The number of benzene rings is 2. The van der Waals surface area contributed by atoms with Gasteiger partial charge in [-0.3, -0.25) is 0 Å². The standard InChI is InChI=1S/C18H18ClN3O2S2/c1-12(13-8-10-14(11-9-13)26(3,23)24)22(2)18-21-20-17(25-18)15-6-4-5-7-16(15)19/h4-12H,1-3H3. The molecule has 0 saturated heterocycles. The minimum Gasteiger partial charge on any atom is -0.343 e. The van der Waals surface area contributed by atoms with Crippen LogP contribution in [0.15, 0.2) is 53.4 Å². The first-order valence-corrected chi connectivity index (χ1v) is 11.0. The first-order chi connectivity index (χ1) is 12.3. The highest BCUT2D eigenvalue weighted by molar-refractivity contribution is 7.90. The zero-order chi connectivity index (χ0) is 18.9. The van der Waals surface area contributed by atoms with Crippen molar-refractivity contribution in [2.45, 2.75) is 17.9 Å². The van der Waals surface area contributed by atoms with Crippen LogP contribution < -0.4 is 4.90 Å². The van der Waals surface area contributed by atoms with Crippen molar-refractivity contribution in [2.75, 3.05) is 18.2 Å². The molecule has 0 saturated carbocycles. The van der Waals surface area contributed by atoms with E-state index in [2.05, 4.69) is 10.2 Å². The Morgan fingerprint density at radius 2 is 1.73 bits per heavy atom. The van der Waals surface area contributed by atoms with Crippen LogP contribution in [-0.2, 0) is 9.84 Å². The molecule has 1 unspecified atom stereocenters. The molecule has 2 aromatic carbocycles. The second-order valence-electron chi connectivity index (χ2n) is 6.00. The quantitative estimate of drug-likeness (QED) is 0.624. The molecule has 3 aromatic rings. The first-order valence-electron chi connectivity index (χ1n) is 7.88. The number of anilines is 1. The number of sulfone groups is 1. The largest absolute Gasteiger partial charge is 0.343 e. The molecule has 0 aliphatic heterocycles. The van der Waals surface area contributed by atoms with Gasteiger partial charge in [-0.1, -0.05) is 53.3 Å². The number of nitrogens with zero attached hydrogens (tertiary/aromatic N) is 3. The molecule has 0 bridgehead atoms. The molecular weight excluding hydrogens is 390 g/mol. The average molecular weight is 408 g/mol. The molecule has 5 nitrogen and oxygen atoms in total. The number of halogens is 1. The van der Waals surface area contributed by atoms with Gasteiger partial charge in [0.1, 0.15) is 0 Å². The van der Waals surface area contributed by atoms with Gasteiger partial charge < -0.3 is 4.90 Å². The highest BCUT2D eigenvalue weighted by Gasteiger charge is 2.18. The fourth-order valence-corrected chi connectivity index (χ4v) is 4.32. The van der Waals surface area contributed by atoms with Gasteiger partial charge in [0, 0.05) is 18.9 Å². The van der Waals surface area contributed by atoms with Crippen LogP contribution in [-0.4, -0.2) is 31.9 Å². The second-order valence-corrected chi connectivity index (χ2v) is 9.38. The maximum absolute atomic E-state index is 11.6. The smallest absolute Gasteiger partial charge is 0.208 e. The van der Waals surface area contributed by atoms with E-state index in [1.54, 1.807) is 12.1 Å². The lowest BCUT2D eigenvalue weighted by molar-refractivity contribution is 0.601. The molecule has 3 rings (SSSR count). The Kier molecular flexibility index (Phi) is 5.32. The van der Waals surface area contributed by atoms with E-state index in [1.165, 1.54) is 17.6 Å². The molecule has 1 heterocycles. The maximum atomic E-state index is 11.6. The molecule has 0 N–H and O–H groups in total. The summed E-state index contributed by atoms with van der Waals surface area (Å²) in [6, 6.07) is 14.5. The van der Waals surface area contributed by atoms with Crippen molar-refractivity contribution >= 4 is 37.9 Å².